The number of ether oxygens (including phenoxy) is 1. The maximum atomic E-state index is 11.6. The predicted molar refractivity (Wildman–Crippen MR) is 99.1 cm³/mol. The molecule has 0 fully saturated rings. The molecule has 0 radical (unpaired) electrons. The quantitative estimate of drug-likeness (QED) is 0.644. The van der Waals surface area contributed by atoms with Crippen LogP contribution in [0.3, 0.4) is 0 Å². The Labute approximate surface area is 146 Å². The van der Waals surface area contributed by atoms with Crippen molar-refractivity contribution in [3.8, 4) is 0 Å². The van der Waals surface area contributed by atoms with Gasteiger partial charge in [0, 0.05) is 17.6 Å². The minimum Gasteiger partial charge on any atom is -0.462 e. The van der Waals surface area contributed by atoms with E-state index in [0.29, 0.717) is 17.3 Å². The van der Waals surface area contributed by atoms with E-state index < -0.39 is 0 Å². The summed E-state index contributed by atoms with van der Waals surface area (Å²) in [6.45, 7) is 4.27. The molecule has 1 aromatic heterocycles. The van der Waals surface area contributed by atoms with Crippen molar-refractivity contribution in [2.24, 2.45) is 0 Å². The Bertz CT molecular complexity index is 654. The normalized spacial score (nSPS) is 11.6. The zero-order valence-electron chi connectivity index (χ0n) is 13.4. The second kappa shape index (κ2) is 8.08. The number of anilines is 1. The lowest BCUT2D eigenvalue weighted by Crippen LogP contribution is -2.33. The Hall–Kier alpha value is -1.92. The largest absolute Gasteiger partial charge is 0.462 e. The van der Waals surface area contributed by atoms with Crippen molar-refractivity contribution in [3.63, 3.8) is 0 Å². The maximum Gasteiger partial charge on any atom is 0.338 e. The molecule has 1 aromatic carbocycles. The molecule has 4 nitrogen and oxygen atoms in total. The van der Waals surface area contributed by atoms with Crippen LogP contribution in [0.5, 0.6) is 0 Å². The average molecular weight is 348 g/mol. The number of benzene rings is 1. The van der Waals surface area contributed by atoms with E-state index in [0.717, 1.165) is 5.69 Å². The summed E-state index contributed by atoms with van der Waals surface area (Å²) in [7, 11) is 1.96. The van der Waals surface area contributed by atoms with Crippen LogP contribution in [-0.2, 0) is 4.74 Å². The fourth-order valence-electron chi connectivity index (χ4n) is 2.01. The summed E-state index contributed by atoms with van der Waals surface area (Å²) in [5, 5.41) is 5.89. The third-order valence-corrected chi connectivity index (χ3v) is 4.94. The lowest BCUT2D eigenvalue weighted by molar-refractivity contribution is 0.0526. The Morgan fingerprint density at radius 3 is 2.61 bits per heavy atom. The van der Waals surface area contributed by atoms with Crippen molar-refractivity contribution < 1.29 is 9.53 Å². The minimum absolute atomic E-state index is 0.203. The summed E-state index contributed by atoms with van der Waals surface area (Å²) in [6, 6.07) is 11.4. The molecule has 122 valence electrons. The Balaban J connectivity index is 1.98. The summed E-state index contributed by atoms with van der Waals surface area (Å²) in [6.07, 6.45) is 0. The monoisotopic (exact) mass is 348 g/mol. The molecule has 0 aliphatic rings. The van der Waals surface area contributed by atoms with Gasteiger partial charge in [-0.15, -0.1) is 11.3 Å². The van der Waals surface area contributed by atoms with Gasteiger partial charge in [-0.2, -0.15) is 0 Å². The van der Waals surface area contributed by atoms with Crippen LogP contribution in [0.15, 0.2) is 41.8 Å². The van der Waals surface area contributed by atoms with Crippen LogP contribution in [0.25, 0.3) is 0 Å². The van der Waals surface area contributed by atoms with Crippen molar-refractivity contribution in [3.05, 3.63) is 52.2 Å². The number of nitrogens with one attached hydrogen (secondary N) is 1. The zero-order valence-corrected chi connectivity index (χ0v) is 15.0. The number of nitrogens with zero attached hydrogens (tertiary/aromatic N) is 1. The molecule has 23 heavy (non-hydrogen) atoms. The molecule has 0 amide bonds. The van der Waals surface area contributed by atoms with Crippen LogP contribution in [-0.4, -0.2) is 29.6 Å². The molecule has 0 aliphatic heterocycles. The first-order valence-electron chi connectivity index (χ1n) is 7.37. The van der Waals surface area contributed by atoms with Crippen LogP contribution < -0.4 is 5.32 Å². The van der Waals surface area contributed by atoms with E-state index in [1.54, 1.807) is 30.4 Å². The number of hydrogen-bond donors (Lipinski definition) is 1. The molecule has 1 atom stereocenters. The van der Waals surface area contributed by atoms with Crippen molar-refractivity contribution >= 4 is 40.3 Å². The van der Waals surface area contributed by atoms with Gasteiger partial charge >= 0.3 is 5.97 Å². The highest BCUT2D eigenvalue weighted by Gasteiger charge is 2.15. The molecule has 6 heteroatoms. The highest BCUT2D eigenvalue weighted by molar-refractivity contribution is 7.80. The van der Waals surface area contributed by atoms with Crippen LogP contribution in [0, 0.1) is 0 Å². The summed E-state index contributed by atoms with van der Waals surface area (Å²) in [5.41, 5.74) is 1.37. The third kappa shape index (κ3) is 4.53. The molecule has 0 spiro atoms. The first-order valence-corrected chi connectivity index (χ1v) is 8.66. The molecule has 1 N–H and O–H groups in total. The highest BCUT2D eigenvalue weighted by Crippen LogP contribution is 2.24. The van der Waals surface area contributed by atoms with Gasteiger partial charge in [0.1, 0.15) is 0 Å². The highest BCUT2D eigenvalue weighted by atomic mass is 32.1. The van der Waals surface area contributed by atoms with Gasteiger partial charge in [0.2, 0.25) is 0 Å². The van der Waals surface area contributed by atoms with E-state index in [1.165, 1.54) is 4.88 Å². The Kier molecular flexibility index (Phi) is 6.12. The molecule has 1 heterocycles. The van der Waals surface area contributed by atoms with E-state index >= 15 is 0 Å². The molecular weight excluding hydrogens is 328 g/mol. The van der Waals surface area contributed by atoms with Crippen LogP contribution in [0.2, 0.25) is 0 Å². The number of esters is 1. The fourth-order valence-corrected chi connectivity index (χ4v) is 3.11. The lowest BCUT2D eigenvalue weighted by atomic mass is 10.2. The summed E-state index contributed by atoms with van der Waals surface area (Å²) in [4.78, 5) is 14.9. The first-order chi connectivity index (χ1) is 11.0. The van der Waals surface area contributed by atoms with Crippen molar-refractivity contribution in [2.75, 3.05) is 19.0 Å². The van der Waals surface area contributed by atoms with Gasteiger partial charge in [-0.1, -0.05) is 6.07 Å². The van der Waals surface area contributed by atoms with Gasteiger partial charge in [-0.3, -0.25) is 0 Å². The smallest absolute Gasteiger partial charge is 0.338 e. The van der Waals surface area contributed by atoms with Gasteiger partial charge in [-0.05, 0) is 61.8 Å². The second-order valence-corrected chi connectivity index (χ2v) is 6.40. The van der Waals surface area contributed by atoms with E-state index in [2.05, 4.69) is 23.7 Å². The van der Waals surface area contributed by atoms with E-state index in [4.69, 9.17) is 17.0 Å². The number of rotatable bonds is 5. The van der Waals surface area contributed by atoms with Crippen LogP contribution in [0.1, 0.15) is 35.1 Å². The van der Waals surface area contributed by atoms with Crippen molar-refractivity contribution in [2.45, 2.75) is 19.9 Å². The maximum absolute atomic E-state index is 11.6. The van der Waals surface area contributed by atoms with Gasteiger partial charge in [0.05, 0.1) is 18.2 Å². The number of hydrogen-bond acceptors (Lipinski definition) is 4. The second-order valence-electron chi connectivity index (χ2n) is 5.03. The minimum atomic E-state index is -0.315. The number of carbonyl (C=O) groups is 1. The predicted octanol–water partition coefficient (Wildman–Crippen LogP) is 4.31. The van der Waals surface area contributed by atoms with Gasteiger partial charge in [0.25, 0.3) is 0 Å². The lowest BCUT2D eigenvalue weighted by Gasteiger charge is -2.27. The fraction of sp³-hybridized carbons (Fsp3) is 0.294. The first kappa shape index (κ1) is 17.4. The number of carbonyl (C=O) groups excluding carboxylic acids is 1. The van der Waals surface area contributed by atoms with E-state index in [9.17, 15) is 4.79 Å². The molecule has 2 rings (SSSR count). The Morgan fingerprint density at radius 2 is 2.04 bits per heavy atom. The summed E-state index contributed by atoms with van der Waals surface area (Å²) >= 11 is 7.18. The standard InChI is InChI=1S/C17H20N2O2S2/c1-4-21-16(20)13-7-9-14(10-8-13)18-17(22)19(3)12(2)15-6-5-11-23-15/h5-12H,4H2,1-3H3,(H,18,22)/t12-/m0/s1. The van der Waals surface area contributed by atoms with Gasteiger partial charge < -0.3 is 15.0 Å². The molecule has 0 saturated heterocycles. The summed E-state index contributed by atoms with van der Waals surface area (Å²) in [5.74, 6) is -0.315. The molecule has 0 bridgehead atoms. The molecule has 2 aromatic rings. The number of thiocarbonyl (C=S) groups is 1. The topological polar surface area (TPSA) is 41.6 Å². The summed E-state index contributed by atoms with van der Waals surface area (Å²) < 4.78 is 4.97. The zero-order chi connectivity index (χ0) is 16.8. The third-order valence-electron chi connectivity index (χ3n) is 3.50. The van der Waals surface area contributed by atoms with Crippen molar-refractivity contribution in [1.29, 1.82) is 0 Å². The van der Waals surface area contributed by atoms with E-state index in [1.807, 2.05) is 30.1 Å². The van der Waals surface area contributed by atoms with Crippen molar-refractivity contribution in [1.82, 2.24) is 4.90 Å². The average Bonchev–Trinajstić information content (AvgIpc) is 3.08. The Morgan fingerprint density at radius 1 is 1.35 bits per heavy atom. The molecular formula is C17H20N2O2S2. The van der Waals surface area contributed by atoms with Gasteiger partial charge in [-0.25, -0.2) is 4.79 Å². The van der Waals surface area contributed by atoms with E-state index in [-0.39, 0.29) is 12.0 Å². The van der Waals surface area contributed by atoms with Crippen LogP contribution in [0.4, 0.5) is 5.69 Å². The number of thiophene rings is 1. The van der Waals surface area contributed by atoms with Crippen LogP contribution >= 0.6 is 23.6 Å². The molecule has 0 saturated carbocycles. The SMILES string of the molecule is CCOC(=O)c1ccc(NC(=S)N(C)[C@@H](C)c2cccs2)cc1. The molecule has 0 unspecified atom stereocenters. The van der Waals surface area contributed by atoms with Gasteiger partial charge in [0.15, 0.2) is 5.11 Å². The molecule has 0 aliphatic carbocycles.